The number of aromatic nitrogens is 2. The molecule has 0 spiro atoms. The number of amides is 1. The van der Waals surface area contributed by atoms with E-state index in [2.05, 4.69) is 28.7 Å². The van der Waals surface area contributed by atoms with Crippen LogP contribution in [0.2, 0.25) is 0 Å². The molecule has 11 heteroatoms. The number of piperidine rings is 1. The molecule has 1 fully saturated rings. The molecule has 0 saturated carbocycles. The van der Waals surface area contributed by atoms with Gasteiger partial charge in [0.05, 0.1) is 17.4 Å². The SMILES string of the molecule is CC(C)N1CCC(N(Cc2cncc(N(C)c3ccccn3)c2)C(=O)/C=C/c2ccc(C(F)(F)F)cc2)CC1.O=CO. The van der Waals surface area contributed by atoms with E-state index < -0.39 is 11.7 Å². The summed E-state index contributed by atoms with van der Waals surface area (Å²) in [6.07, 6.45) is 5.58. The summed E-state index contributed by atoms with van der Waals surface area (Å²) in [5.74, 6) is 0.603. The van der Waals surface area contributed by atoms with Crippen LogP contribution in [0.3, 0.4) is 0 Å². The molecule has 2 aromatic heterocycles. The monoisotopic (exact) mass is 583 g/mol. The molecule has 0 unspecified atom stereocenters. The minimum atomic E-state index is -4.40. The molecule has 0 atom stereocenters. The highest BCUT2D eigenvalue weighted by Gasteiger charge is 2.30. The summed E-state index contributed by atoms with van der Waals surface area (Å²) in [6, 6.07) is 13.0. The van der Waals surface area contributed by atoms with Gasteiger partial charge in [0.25, 0.3) is 6.47 Å². The Kier molecular flexibility index (Phi) is 11.6. The van der Waals surface area contributed by atoms with Crippen molar-refractivity contribution in [3.63, 3.8) is 0 Å². The number of benzene rings is 1. The number of rotatable bonds is 8. The average Bonchev–Trinajstić information content (AvgIpc) is 2.99. The van der Waals surface area contributed by atoms with Gasteiger partial charge in [-0.2, -0.15) is 13.2 Å². The molecule has 8 nitrogen and oxygen atoms in total. The van der Waals surface area contributed by atoms with Gasteiger partial charge in [-0.15, -0.1) is 0 Å². The van der Waals surface area contributed by atoms with Crippen molar-refractivity contribution in [1.82, 2.24) is 19.8 Å². The van der Waals surface area contributed by atoms with E-state index in [4.69, 9.17) is 9.90 Å². The lowest BCUT2D eigenvalue weighted by Crippen LogP contribution is -2.48. The molecular weight excluding hydrogens is 547 g/mol. The summed E-state index contributed by atoms with van der Waals surface area (Å²) >= 11 is 0. The van der Waals surface area contributed by atoms with Gasteiger partial charge in [-0.3, -0.25) is 14.6 Å². The summed E-state index contributed by atoms with van der Waals surface area (Å²) < 4.78 is 38.7. The zero-order chi connectivity index (χ0) is 30.7. The van der Waals surface area contributed by atoms with E-state index in [0.29, 0.717) is 18.2 Å². The van der Waals surface area contributed by atoms with Crippen molar-refractivity contribution < 1.29 is 27.9 Å². The normalized spacial score (nSPS) is 14.4. The number of likely N-dealkylation sites (tertiary alicyclic amines) is 1. The van der Waals surface area contributed by atoms with Crippen molar-refractivity contribution in [3.8, 4) is 0 Å². The van der Waals surface area contributed by atoms with Crippen LogP contribution >= 0.6 is 0 Å². The number of nitrogens with zero attached hydrogens (tertiary/aromatic N) is 5. The van der Waals surface area contributed by atoms with Crippen LogP contribution in [0.25, 0.3) is 6.08 Å². The van der Waals surface area contributed by atoms with E-state index in [0.717, 1.165) is 55.1 Å². The molecule has 1 N–H and O–H groups in total. The second-order valence-corrected chi connectivity index (χ2v) is 10.2. The molecule has 1 amide bonds. The van der Waals surface area contributed by atoms with Gasteiger partial charge in [0.1, 0.15) is 5.82 Å². The molecule has 224 valence electrons. The summed E-state index contributed by atoms with van der Waals surface area (Å²) in [7, 11) is 1.92. The maximum atomic E-state index is 13.5. The Hall–Kier alpha value is -4.25. The first-order valence-corrected chi connectivity index (χ1v) is 13.6. The van der Waals surface area contributed by atoms with E-state index in [1.807, 2.05) is 41.1 Å². The third-order valence-corrected chi connectivity index (χ3v) is 7.12. The van der Waals surface area contributed by atoms with Crippen LogP contribution in [-0.2, 0) is 22.3 Å². The van der Waals surface area contributed by atoms with E-state index in [1.54, 1.807) is 24.7 Å². The fraction of sp³-hybridized carbons (Fsp3) is 0.355. The molecule has 42 heavy (non-hydrogen) atoms. The predicted octanol–water partition coefficient (Wildman–Crippen LogP) is 5.88. The molecule has 0 radical (unpaired) electrons. The highest BCUT2D eigenvalue weighted by atomic mass is 19.4. The number of anilines is 2. The Bertz CT molecular complexity index is 1310. The standard InChI is InChI=1S/C30H34F3N5O.CH2O2/c1-22(2)37-16-13-26(14-17-37)38(29(39)12-9-23-7-10-25(11-8-23)30(31,32)33)21-24-18-27(20-34-19-24)36(3)28-6-4-5-15-35-28;2-1-3/h4-12,15,18-20,22,26H,13-14,16-17,21H2,1-3H3;1H,(H,2,3)/b12-9+;. The average molecular weight is 584 g/mol. The molecule has 1 aliphatic heterocycles. The van der Waals surface area contributed by atoms with Crippen LogP contribution in [0.15, 0.2) is 73.2 Å². The van der Waals surface area contributed by atoms with Crippen LogP contribution in [0, 0.1) is 0 Å². The molecule has 1 saturated heterocycles. The van der Waals surface area contributed by atoms with E-state index in [1.165, 1.54) is 18.2 Å². The number of halogens is 3. The summed E-state index contributed by atoms with van der Waals surface area (Å²) in [5.41, 5.74) is 1.56. The Balaban J connectivity index is 0.00000155. The van der Waals surface area contributed by atoms with Gasteiger partial charge >= 0.3 is 6.18 Å². The van der Waals surface area contributed by atoms with E-state index in [9.17, 15) is 18.0 Å². The molecule has 3 heterocycles. The number of carbonyl (C=O) groups excluding carboxylic acids is 1. The first kappa shape index (κ1) is 32.3. The number of hydrogen-bond donors (Lipinski definition) is 1. The van der Waals surface area contributed by atoms with Gasteiger partial charge in [0.15, 0.2) is 0 Å². The molecular formula is C31H36F3N5O3. The lowest BCUT2D eigenvalue weighted by molar-refractivity contribution is -0.137. The van der Waals surface area contributed by atoms with Crippen molar-refractivity contribution in [2.75, 3.05) is 25.0 Å². The summed E-state index contributed by atoms with van der Waals surface area (Å²) in [6.45, 7) is 6.26. The quantitative estimate of drug-likeness (QED) is 0.262. The fourth-order valence-electron chi connectivity index (χ4n) is 4.77. The molecule has 0 bridgehead atoms. The number of carboxylic acid groups (broad SMARTS) is 1. The van der Waals surface area contributed by atoms with E-state index in [-0.39, 0.29) is 18.4 Å². The second kappa shape index (κ2) is 15.1. The van der Waals surface area contributed by atoms with Gasteiger partial charge in [-0.1, -0.05) is 18.2 Å². The van der Waals surface area contributed by atoms with Crippen LogP contribution in [0.1, 0.15) is 43.4 Å². The zero-order valence-electron chi connectivity index (χ0n) is 23.9. The third-order valence-electron chi connectivity index (χ3n) is 7.12. The fourth-order valence-corrected chi connectivity index (χ4v) is 4.77. The van der Waals surface area contributed by atoms with Gasteiger partial charge in [0, 0.05) is 57.2 Å². The van der Waals surface area contributed by atoms with Crippen molar-refractivity contribution >= 4 is 30.0 Å². The molecule has 0 aliphatic carbocycles. The molecule has 4 rings (SSSR count). The number of carbonyl (C=O) groups is 2. The second-order valence-electron chi connectivity index (χ2n) is 10.2. The maximum absolute atomic E-state index is 13.5. The van der Waals surface area contributed by atoms with Crippen LogP contribution in [-0.4, -0.2) is 69.5 Å². The lowest BCUT2D eigenvalue weighted by atomic mass is 10.0. The Labute approximate surface area is 244 Å². The first-order chi connectivity index (χ1) is 20.0. The third kappa shape index (κ3) is 9.13. The number of hydrogen-bond acceptors (Lipinski definition) is 6. The maximum Gasteiger partial charge on any atom is 0.416 e. The van der Waals surface area contributed by atoms with Crippen LogP contribution in [0.4, 0.5) is 24.7 Å². The smallest absolute Gasteiger partial charge is 0.416 e. The largest absolute Gasteiger partial charge is 0.483 e. The highest BCUT2D eigenvalue weighted by Crippen LogP contribution is 2.29. The first-order valence-electron chi connectivity index (χ1n) is 13.6. The lowest BCUT2D eigenvalue weighted by Gasteiger charge is -2.39. The molecule has 3 aromatic rings. The van der Waals surface area contributed by atoms with Crippen molar-refractivity contribution in [3.05, 3.63) is 89.9 Å². The molecule has 1 aromatic carbocycles. The van der Waals surface area contributed by atoms with Crippen LogP contribution < -0.4 is 4.90 Å². The topological polar surface area (TPSA) is 89.9 Å². The highest BCUT2D eigenvalue weighted by molar-refractivity contribution is 5.92. The zero-order valence-corrected chi connectivity index (χ0v) is 23.9. The predicted molar refractivity (Wildman–Crippen MR) is 156 cm³/mol. The minimum absolute atomic E-state index is 0.0435. The minimum Gasteiger partial charge on any atom is -0.483 e. The Morgan fingerprint density at radius 2 is 1.79 bits per heavy atom. The summed E-state index contributed by atoms with van der Waals surface area (Å²) in [4.78, 5) is 36.9. The number of pyridine rings is 2. The Morgan fingerprint density at radius 3 is 2.36 bits per heavy atom. The van der Waals surface area contributed by atoms with E-state index >= 15 is 0 Å². The van der Waals surface area contributed by atoms with Gasteiger partial charge in [0.2, 0.25) is 5.91 Å². The van der Waals surface area contributed by atoms with Gasteiger partial charge in [-0.05, 0) is 74.2 Å². The van der Waals surface area contributed by atoms with Crippen molar-refractivity contribution in [2.24, 2.45) is 0 Å². The Morgan fingerprint density at radius 1 is 1.12 bits per heavy atom. The van der Waals surface area contributed by atoms with Crippen LogP contribution in [0.5, 0.6) is 0 Å². The van der Waals surface area contributed by atoms with Crippen molar-refractivity contribution in [2.45, 2.75) is 51.5 Å². The number of alkyl halides is 3. The van der Waals surface area contributed by atoms with Gasteiger partial charge < -0.3 is 19.8 Å². The van der Waals surface area contributed by atoms with Gasteiger partial charge in [-0.25, -0.2) is 4.98 Å². The summed E-state index contributed by atoms with van der Waals surface area (Å²) in [5, 5.41) is 6.89. The molecule has 1 aliphatic rings. The van der Waals surface area contributed by atoms with Crippen molar-refractivity contribution in [1.29, 1.82) is 0 Å².